The number of rotatable bonds is 4. The van der Waals surface area contributed by atoms with Gasteiger partial charge in [0.05, 0.1) is 22.0 Å². The Kier molecular flexibility index (Phi) is 7.78. The van der Waals surface area contributed by atoms with Crippen LogP contribution in [0.5, 0.6) is 0 Å². The second-order valence-electron chi connectivity index (χ2n) is 10.6. The summed E-state index contributed by atoms with van der Waals surface area (Å²) in [7, 11) is 0. The molecule has 0 bridgehead atoms. The predicted molar refractivity (Wildman–Crippen MR) is 186 cm³/mol. The molecule has 0 aliphatic rings. The van der Waals surface area contributed by atoms with Crippen LogP contribution < -0.4 is 11.1 Å². The third kappa shape index (κ3) is 5.73. The Morgan fingerprint density at radius 3 is 1.93 bits per heavy atom. The van der Waals surface area contributed by atoms with Crippen molar-refractivity contribution in [2.45, 2.75) is 0 Å². The van der Waals surface area contributed by atoms with E-state index in [1.807, 2.05) is 115 Å². The van der Waals surface area contributed by atoms with Gasteiger partial charge in [-0.3, -0.25) is 24.1 Å². The summed E-state index contributed by atoms with van der Waals surface area (Å²) in [5.74, 6) is 0. The molecule has 7 heteroatoms. The lowest BCUT2D eigenvalue weighted by Crippen LogP contribution is -2.15. The van der Waals surface area contributed by atoms with Crippen LogP contribution in [0.4, 0.5) is 0 Å². The van der Waals surface area contributed by atoms with Gasteiger partial charge in [0.25, 0.3) is 11.1 Å². The van der Waals surface area contributed by atoms with Gasteiger partial charge in [0.15, 0.2) is 0 Å². The van der Waals surface area contributed by atoms with E-state index in [-0.39, 0.29) is 11.1 Å². The summed E-state index contributed by atoms with van der Waals surface area (Å²) in [6, 6.07) is 35.2. The quantitative estimate of drug-likeness (QED) is 0.223. The van der Waals surface area contributed by atoms with Crippen molar-refractivity contribution >= 4 is 44.7 Å². The average molecular weight is 598 g/mol. The zero-order valence-corrected chi connectivity index (χ0v) is 24.6. The number of aromatic amines is 1. The summed E-state index contributed by atoms with van der Waals surface area (Å²) in [5.41, 5.74) is 5.43. The minimum absolute atomic E-state index is 0.0603. The van der Waals surface area contributed by atoms with E-state index in [9.17, 15) is 9.59 Å². The molecule has 1 N–H and O–H groups in total. The zero-order valence-electron chi connectivity index (χ0n) is 24.6. The van der Waals surface area contributed by atoms with Crippen molar-refractivity contribution in [2.24, 2.45) is 0 Å². The van der Waals surface area contributed by atoms with Gasteiger partial charge < -0.3 is 4.98 Å². The van der Waals surface area contributed by atoms with E-state index in [4.69, 9.17) is 0 Å². The third-order valence-corrected chi connectivity index (χ3v) is 7.77. The summed E-state index contributed by atoms with van der Waals surface area (Å²) in [6.07, 6.45) is 14.0. The number of nitrogens with zero attached hydrogens (tertiary/aromatic N) is 4. The average Bonchev–Trinajstić information content (AvgIpc) is 3.12. The molecule has 5 heterocycles. The maximum Gasteiger partial charge on any atom is 0.263 e. The molecule has 3 aromatic carbocycles. The van der Waals surface area contributed by atoms with Gasteiger partial charge in [0.1, 0.15) is 0 Å². The Balaban J connectivity index is 0.000000169. The minimum Gasteiger partial charge on any atom is -0.329 e. The van der Waals surface area contributed by atoms with Crippen molar-refractivity contribution in [2.75, 3.05) is 0 Å². The van der Waals surface area contributed by atoms with Crippen LogP contribution in [0.3, 0.4) is 0 Å². The smallest absolute Gasteiger partial charge is 0.263 e. The van der Waals surface area contributed by atoms with Gasteiger partial charge in [0, 0.05) is 48.8 Å². The van der Waals surface area contributed by atoms with Crippen molar-refractivity contribution in [1.82, 2.24) is 24.5 Å². The lowest BCUT2D eigenvalue weighted by Gasteiger charge is -2.08. The van der Waals surface area contributed by atoms with Crippen molar-refractivity contribution in [3.63, 3.8) is 0 Å². The lowest BCUT2D eigenvalue weighted by molar-refractivity contribution is 1.09. The highest BCUT2D eigenvalue weighted by Gasteiger charge is 2.09. The Morgan fingerprint density at radius 2 is 1.22 bits per heavy atom. The van der Waals surface area contributed by atoms with Crippen molar-refractivity contribution in [1.29, 1.82) is 0 Å². The molecule has 220 valence electrons. The fraction of sp³-hybridized carbons (Fsp3) is 0. The first-order valence-corrected chi connectivity index (χ1v) is 14.7. The highest BCUT2D eigenvalue weighted by atomic mass is 16.1. The molecule has 0 saturated carbocycles. The van der Waals surface area contributed by atoms with Crippen molar-refractivity contribution in [3.05, 3.63) is 173 Å². The molecule has 0 unspecified atom stereocenters. The van der Waals surface area contributed by atoms with Crippen LogP contribution in [0.2, 0.25) is 0 Å². The first kappa shape index (κ1) is 28.3. The maximum atomic E-state index is 13.2. The maximum absolute atomic E-state index is 13.2. The molecule has 0 amide bonds. The van der Waals surface area contributed by atoms with E-state index < -0.39 is 0 Å². The van der Waals surface area contributed by atoms with Gasteiger partial charge in [0.2, 0.25) is 0 Å². The summed E-state index contributed by atoms with van der Waals surface area (Å²) in [4.78, 5) is 40.5. The molecule has 0 saturated heterocycles. The number of fused-ring (bicyclic) bond motifs is 3. The van der Waals surface area contributed by atoms with E-state index in [1.165, 1.54) is 0 Å². The van der Waals surface area contributed by atoms with E-state index >= 15 is 0 Å². The second-order valence-corrected chi connectivity index (χ2v) is 10.6. The molecule has 0 radical (unpaired) electrons. The summed E-state index contributed by atoms with van der Waals surface area (Å²) >= 11 is 0. The topological polar surface area (TPSA) is 93.5 Å². The minimum atomic E-state index is -0.0630. The number of aromatic nitrogens is 5. The molecule has 0 spiro atoms. The molecule has 0 atom stereocenters. The normalized spacial score (nSPS) is 11.1. The standard InChI is InChI=1S/C25H17N3O.C14H10N2O/c29-25-24-20(5-3-6-22(24)18-10-14-26-15-11-18)12-16-28(25)17-13-21-9-8-19-4-1-2-7-23(19)27-21;17-14-13-11(6-9-16-14)2-1-3-12(13)10-4-7-15-8-5-10/h1-17H;1-9H,(H,16,17). The van der Waals surface area contributed by atoms with Crippen LogP contribution in [-0.4, -0.2) is 24.5 Å². The zero-order chi connectivity index (χ0) is 31.3. The van der Waals surface area contributed by atoms with Gasteiger partial charge in [-0.25, -0.2) is 4.98 Å². The number of hydrogen-bond donors (Lipinski definition) is 1. The molecule has 8 aromatic rings. The number of hydrogen-bond acceptors (Lipinski definition) is 5. The highest BCUT2D eigenvalue weighted by Crippen LogP contribution is 2.26. The van der Waals surface area contributed by atoms with E-state index in [1.54, 1.807) is 47.9 Å². The monoisotopic (exact) mass is 597 g/mol. The van der Waals surface area contributed by atoms with Gasteiger partial charge in [-0.15, -0.1) is 0 Å². The molecular formula is C39H27N5O2. The Morgan fingerprint density at radius 1 is 0.587 bits per heavy atom. The van der Waals surface area contributed by atoms with Crippen LogP contribution in [0.25, 0.3) is 67.0 Å². The summed E-state index contributed by atoms with van der Waals surface area (Å²) in [5, 5.41) is 4.37. The number of H-pyrrole nitrogens is 1. The fourth-order valence-corrected chi connectivity index (χ4v) is 5.54. The van der Waals surface area contributed by atoms with Crippen LogP contribution >= 0.6 is 0 Å². The molecule has 46 heavy (non-hydrogen) atoms. The molecule has 0 fully saturated rings. The Bertz CT molecular complexity index is 2460. The Labute approximate surface area is 263 Å². The van der Waals surface area contributed by atoms with E-state index in [0.717, 1.165) is 55.0 Å². The molecule has 0 aliphatic heterocycles. The molecule has 7 nitrogen and oxygen atoms in total. The number of benzene rings is 3. The number of nitrogens with one attached hydrogen (secondary N) is 1. The first-order chi connectivity index (χ1) is 22.7. The molecular weight excluding hydrogens is 570 g/mol. The van der Waals surface area contributed by atoms with Gasteiger partial charge in [-0.2, -0.15) is 0 Å². The number of pyridine rings is 5. The second kappa shape index (κ2) is 12.6. The van der Waals surface area contributed by atoms with Gasteiger partial charge >= 0.3 is 0 Å². The summed E-state index contributed by atoms with van der Waals surface area (Å²) < 4.78 is 1.60. The SMILES string of the molecule is O=c1[nH]ccc2cccc(-c3ccncc3)c12.O=c1c2c(-c3ccncc3)cccc2ccn1C=Cc1ccc2ccccc2n1. The van der Waals surface area contributed by atoms with Crippen LogP contribution in [-0.2, 0) is 0 Å². The van der Waals surface area contributed by atoms with Gasteiger partial charge in [-0.05, 0) is 87.6 Å². The van der Waals surface area contributed by atoms with Crippen LogP contribution in [0.1, 0.15) is 5.69 Å². The van der Waals surface area contributed by atoms with E-state index in [2.05, 4.69) is 19.9 Å². The fourth-order valence-electron chi connectivity index (χ4n) is 5.54. The number of para-hydroxylation sites is 1. The van der Waals surface area contributed by atoms with Crippen LogP contribution in [0, 0.1) is 0 Å². The third-order valence-electron chi connectivity index (χ3n) is 7.77. The largest absolute Gasteiger partial charge is 0.329 e. The molecule has 0 aliphatic carbocycles. The first-order valence-electron chi connectivity index (χ1n) is 14.7. The van der Waals surface area contributed by atoms with E-state index in [0.29, 0.717) is 5.39 Å². The summed E-state index contributed by atoms with van der Waals surface area (Å²) in [6.45, 7) is 0. The molecule has 5 aromatic heterocycles. The van der Waals surface area contributed by atoms with Crippen molar-refractivity contribution in [3.8, 4) is 22.3 Å². The Hall–Kier alpha value is -6.47. The highest BCUT2D eigenvalue weighted by molar-refractivity contribution is 5.97. The van der Waals surface area contributed by atoms with Crippen LogP contribution in [0.15, 0.2) is 156 Å². The lowest BCUT2D eigenvalue weighted by atomic mass is 10.0. The predicted octanol–water partition coefficient (Wildman–Crippen LogP) is 7.83. The van der Waals surface area contributed by atoms with Gasteiger partial charge in [-0.1, -0.05) is 60.7 Å². The van der Waals surface area contributed by atoms with Crippen molar-refractivity contribution < 1.29 is 0 Å². The molecule has 8 rings (SSSR count).